The second-order valence-corrected chi connectivity index (χ2v) is 8.83. The van der Waals surface area contributed by atoms with E-state index in [0.717, 1.165) is 10.4 Å². The van der Waals surface area contributed by atoms with Gasteiger partial charge in [0.2, 0.25) is 5.91 Å². The van der Waals surface area contributed by atoms with Crippen LogP contribution in [0.5, 0.6) is 0 Å². The highest BCUT2D eigenvalue weighted by Gasteiger charge is 2.21. The van der Waals surface area contributed by atoms with Crippen molar-refractivity contribution in [1.82, 2.24) is 9.55 Å². The number of nitriles is 1. The van der Waals surface area contributed by atoms with Crippen LogP contribution in [0.1, 0.15) is 29.9 Å². The quantitative estimate of drug-likeness (QED) is 0.504. The van der Waals surface area contributed by atoms with E-state index in [1.165, 1.54) is 23.1 Å². The normalized spacial score (nSPS) is 12.0. The fraction of sp³-hybridized carbons (Fsp3) is 0.300. The third-order valence-corrected chi connectivity index (χ3v) is 6.72. The van der Waals surface area contributed by atoms with E-state index in [1.54, 1.807) is 35.8 Å². The molecule has 3 rings (SSSR count). The number of anilines is 1. The number of nitrogens with one attached hydrogen (secondary N) is 1. The van der Waals surface area contributed by atoms with Crippen LogP contribution < -0.4 is 10.9 Å². The molecule has 0 aliphatic heterocycles. The minimum atomic E-state index is -0.490. The molecular weight excluding hydrogens is 392 g/mol. The highest BCUT2D eigenvalue weighted by molar-refractivity contribution is 8.00. The number of thioether (sulfide) groups is 1. The van der Waals surface area contributed by atoms with E-state index >= 15 is 0 Å². The maximum absolute atomic E-state index is 12.9. The van der Waals surface area contributed by atoms with E-state index in [0.29, 0.717) is 33.2 Å². The van der Waals surface area contributed by atoms with Crippen molar-refractivity contribution in [2.24, 2.45) is 0 Å². The SMILES string of the molecule is CCn1c(S[C@H](C)C(=O)Nc2ccccc2C#N)nc2sc(C)c(C)c2c1=O. The van der Waals surface area contributed by atoms with E-state index in [9.17, 15) is 14.9 Å². The number of aromatic nitrogens is 2. The van der Waals surface area contributed by atoms with Gasteiger partial charge in [0.15, 0.2) is 5.16 Å². The fourth-order valence-electron chi connectivity index (χ4n) is 2.81. The molecule has 0 fully saturated rings. The van der Waals surface area contributed by atoms with Crippen LogP contribution in [0.25, 0.3) is 10.2 Å². The van der Waals surface area contributed by atoms with Crippen molar-refractivity contribution in [3.63, 3.8) is 0 Å². The van der Waals surface area contributed by atoms with Crippen molar-refractivity contribution in [3.8, 4) is 6.07 Å². The first-order valence-corrected chi connectivity index (χ1v) is 10.5. The molecule has 1 N–H and O–H groups in total. The summed E-state index contributed by atoms with van der Waals surface area (Å²) in [5.41, 5.74) is 1.78. The zero-order valence-corrected chi connectivity index (χ0v) is 17.7. The predicted octanol–water partition coefficient (Wildman–Crippen LogP) is 4.09. The number of carbonyl (C=O) groups excluding carboxylic acids is 1. The lowest BCUT2D eigenvalue weighted by Gasteiger charge is -2.15. The van der Waals surface area contributed by atoms with Crippen LogP contribution in [0.15, 0.2) is 34.2 Å². The molecule has 1 amide bonds. The molecule has 6 nitrogen and oxygen atoms in total. The summed E-state index contributed by atoms with van der Waals surface area (Å²) in [5, 5.41) is 12.7. The number of rotatable bonds is 5. The molecule has 28 heavy (non-hydrogen) atoms. The summed E-state index contributed by atoms with van der Waals surface area (Å²) in [6, 6.07) is 8.92. The topological polar surface area (TPSA) is 87.8 Å². The summed E-state index contributed by atoms with van der Waals surface area (Å²) in [4.78, 5) is 32.0. The Labute approximate surface area is 171 Å². The number of hydrogen-bond acceptors (Lipinski definition) is 6. The first-order chi connectivity index (χ1) is 13.4. The third-order valence-electron chi connectivity index (χ3n) is 4.53. The number of benzene rings is 1. The van der Waals surface area contributed by atoms with Gasteiger partial charge in [-0.05, 0) is 45.4 Å². The van der Waals surface area contributed by atoms with Crippen molar-refractivity contribution < 1.29 is 4.79 Å². The molecule has 0 bridgehead atoms. The Kier molecular flexibility index (Phi) is 5.87. The molecule has 2 heterocycles. The lowest BCUT2D eigenvalue weighted by atomic mass is 10.2. The first kappa shape index (κ1) is 20.1. The first-order valence-electron chi connectivity index (χ1n) is 8.84. The van der Waals surface area contributed by atoms with Crippen LogP contribution in [0.3, 0.4) is 0 Å². The summed E-state index contributed by atoms with van der Waals surface area (Å²) < 4.78 is 1.61. The summed E-state index contributed by atoms with van der Waals surface area (Å²) in [6.45, 7) is 8.04. The molecule has 0 saturated carbocycles. The zero-order valence-electron chi connectivity index (χ0n) is 16.1. The Morgan fingerprint density at radius 3 is 2.79 bits per heavy atom. The van der Waals surface area contributed by atoms with Gasteiger partial charge in [-0.25, -0.2) is 4.98 Å². The monoisotopic (exact) mass is 412 g/mol. The van der Waals surface area contributed by atoms with Gasteiger partial charge in [0.1, 0.15) is 10.9 Å². The maximum Gasteiger partial charge on any atom is 0.263 e. The second kappa shape index (κ2) is 8.17. The van der Waals surface area contributed by atoms with Crippen LogP contribution in [0, 0.1) is 25.2 Å². The molecule has 2 aromatic heterocycles. The van der Waals surface area contributed by atoms with Crippen molar-refractivity contribution >= 4 is 44.9 Å². The molecule has 0 saturated heterocycles. The lowest BCUT2D eigenvalue weighted by molar-refractivity contribution is -0.115. The van der Waals surface area contributed by atoms with Crippen LogP contribution >= 0.6 is 23.1 Å². The van der Waals surface area contributed by atoms with Crippen molar-refractivity contribution in [3.05, 3.63) is 50.6 Å². The van der Waals surface area contributed by atoms with E-state index in [2.05, 4.69) is 16.4 Å². The van der Waals surface area contributed by atoms with Gasteiger partial charge in [-0.2, -0.15) is 5.26 Å². The molecule has 1 atom stereocenters. The van der Waals surface area contributed by atoms with Gasteiger partial charge in [-0.3, -0.25) is 14.2 Å². The summed E-state index contributed by atoms with van der Waals surface area (Å²) in [7, 11) is 0. The molecule has 1 aromatic carbocycles. The number of carbonyl (C=O) groups is 1. The maximum atomic E-state index is 12.9. The predicted molar refractivity (Wildman–Crippen MR) is 114 cm³/mol. The molecular formula is C20H20N4O2S2. The van der Waals surface area contributed by atoms with Crippen molar-refractivity contribution in [1.29, 1.82) is 5.26 Å². The average molecular weight is 413 g/mol. The Balaban J connectivity index is 1.90. The van der Waals surface area contributed by atoms with Gasteiger partial charge < -0.3 is 5.32 Å². The number of amides is 1. The number of thiophene rings is 1. The van der Waals surface area contributed by atoms with Gasteiger partial charge in [0, 0.05) is 11.4 Å². The zero-order chi connectivity index (χ0) is 20.4. The summed E-state index contributed by atoms with van der Waals surface area (Å²) in [5.74, 6) is -0.247. The van der Waals surface area contributed by atoms with Crippen molar-refractivity contribution in [2.75, 3.05) is 5.32 Å². The van der Waals surface area contributed by atoms with Crippen LogP contribution in [-0.2, 0) is 11.3 Å². The number of para-hydroxylation sites is 1. The molecule has 0 spiro atoms. The van der Waals surface area contributed by atoms with Gasteiger partial charge in [-0.1, -0.05) is 23.9 Å². The van der Waals surface area contributed by atoms with E-state index in [4.69, 9.17) is 0 Å². The van der Waals surface area contributed by atoms with E-state index in [-0.39, 0.29) is 11.5 Å². The Morgan fingerprint density at radius 1 is 1.39 bits per heavy atom. The average Bonchev–Trinajstić information content (AvgIpc) is 2.96. The molecule has 0 unspecified atom stereocenters. The smallest absolute Gasteiger partial charge is 0.263 e. The number of nitrogens with zero attached hydrogens (tertiary/aromatic N) is 3. The summed E-state index contributed by atoms with van der Waals surface area (Å²) >= 11 is 2.74. The fourth-order valence-corrected chi connectivity index (χ4v) is 4.86. The molecule has 8 heteroatoms. The van der Waals surface area contributed by atoms with Gasteiger partial charge in [0.25, 0.3) is 5.56 Å². The highest BCUT2D eigenvalue weighted by atomic mass is 32.2. The lowest BCUT2D eigenvalue weighted by Crippen LogP contribution is -2.26. The molecule has 0 aliphatic carbocycles. The van der Waals surface area contributed by atoms with Crippen LogP contribution in [-0.4, -0.2) is 20.7 Å². The highest BCUT2D eigenvalue weighted by Crippen LogP contribution is 2.30. The number of aryl methyl sites for hydroxylation is 2. The van der Waals surface area contributed by atoms with Gasteiger partial charge in [0.05, 0.1) is 21.9 Å². The van der Waals surface area contributed by atoms with E-state index in [1.807, 2.05) is 20.8 Å². The minimum absolute atomic E-state index is 0.0701. The van der Waals surface area contributed by atoms with Gasteiger partial charge >= 0.3 is 0 Å². The van der Waals surface area contributed by atoms with E-state index < -0.39 is 5.25 Å². The molecule has 144 valence electrons. The largest absolute Gasteiger partial charge is 0.324 e. The minimum Gasteiger partial charge on any atom is -0.324 e. The Bertz CT molecular complexity index is 1160. The van der Waals surface area contributed by atoms with Crippen LogP contribution in [0.2, 0.25) is 0 Å². The van der Waals surface area contributed by atoms with Crippen LogP contribution in [0.4, 0.5) is 5.69 Å². The standard InChI is InChI=1S/C20H20N4O2S2/c1-5-24-19(26)16-11(2)12(3)27-18(16)23-20(24)28-13(4)17(25)22-15-9-7-6-8-14(15)10-21/h6-9,13H,5H2,1-4H3,(H,22,25)/t13-/m1/s1. The summed E-state index contributed by atoms with van der Waals surface area (Å²) in [6.07, 6.45) is 0. The number of fused-ring (bicyclic) bond motifs is 1. The van der Waals surface area contributed by atoms with Gasteiger partial charge in [-0.15, -0.1) is 11.3 Å². The molecule has 0 aliphatic rings. The van der Waals surface area contributed by atoms with Crippen molar-refractivity contribution in [2.45, 2.75) is 44.6 Å². The Hall–Kier alpha value is -2.63. The third kappa shape index (κ3) is 3.68. The molecule has 0 radical (unpaired) electrons. The molecule has 3 aromatic rings. The Morgan fingerprint density at radius 2 is 2.11 bits per heavy atom. The second-order valence-electron chi connectivity index (χ2n) is 6.31. The number of hydrogen-bond donors (Lipinski definition) is 1.